The van der Waals surface area contributed by atoms with Gasteiger partial charge in [0.05, 0.1) is 12.8 Å². The fraction of sp³-hybridized carbons (Fsp3) is 0.211. The number of carbonyl (C=O) groups excluding carboxylic acids is 1. The van der Waals surface area contributed by atoms with Crippen LogP contribution in [-0.2, 0) is 11.3 Å². The predicted octanol–water partition coefficient (Wildman–Crippen LogP) is 3.92. The van der Waals surface area contributed by atoms with Crippen LogP contribution in [0.25, 0.3) is 17.7 Å². The Labute approximate surface area is 149 Å². The largest absolute Gasteiger partial charge is 0.459 e. The number of halogens is 1. The molecule has 134 valence electrons. The zero-order valence-electron chi connectivity index (χ0n) is 14.3. The minimum Gasteiger partial charge on any atom is -0.459 e. The van der Waals surface area contributed by atoms with Gasteiger partial charge in [0.25, 0.3) is 5.89 Å². The van der Waals surface area contributed by atoms with Crippen LogP contribution < -0.4 is 0 Å². The van der Waals surface area contributed by atoms with Crippen LogP contribution in [0.1, 0.15) is 24.8 Å². The molecule has 3 aromatic rings. The molecule has 7 heteroatoms. The van der Waals surface area contributed by atoms with Crippen LogP contribution in [0.5, 0.6) is 0 Å². The lowest BCUT2D eigenvalue weighted by Crippen LogP contribution is -2.29. The first-order chi connectivity index (χ1) is 12.7. The minimum absolute atomic E-state index is 0.186. The van der Waals surface area contributed by atoms with Crippen LogP contribution >= 0.6 is 0 Å². The summed E-state index contributed by atoms with van der Waals surface area (Å²) in [6, 6.07) is 9.36. The Morgan fingerprint density at radius 2 is 2.04 bits per heavy atom. The van der Waals surface area contributed by atoms with Gasteiger partial charge in [-0.15, -0.1) is 10.2 Å². The van der Waals surface area contributed by atoms with E-state index in [4.69, 9.17) is 8.83 Å². The molecule has 0 unspecified atom stereocenters. The predicted molar refractivity (Wildman–Crippen MR) is 93.1 cm³/mol. The number of hydrogen-bond acceptors (Lipinski definition) is 5. The van der Waals surface area contributed by atoms with E-state index < -0.39 is 0 Å². The lowest BCUT2D eigenvalue weighted by Gasteiger charge is -2.18. The number of carbonyl (C=O) groups is 1. The number of aromatic nitrogens is 2. The van der Waals surface area contributed by atoms with E-state index in [0.717, 1.165) is 12.0 Å². The molecule has 2 aromatic heterocycles. The van der Waals surface area contributed by atoms with Gasteiger partial charge in [-0.05, 0) is 42.3 Å². The van der Waals surface area contributed by atoms with Gasteiger partial charge in [0.2, 0.25) is 11.8 Å². The molecule has 0 aliphatic rings. The Morgan fingerprint density at radius 3 is 2.73 bits per heavy atom. The summed E-state index contributed by atoms with van der Waals surface area (Å²) in [6.45, 7) is 2.73. The summed E-state index contributed by atoms with van der Waals surface area (Å²) >= 11 is 0. The van der Waals surface area contributed by atoms with E-state index in [1.54, 1.807) is 35.2 Å². The monoisotopic (exact) mass is 355 g/mol. The van der Waals surface area contributed by atoms with E-state index in [1.807, 2.05) is 6.92 Å². The molecule has 0 radical (unpaired) electrons. The van der Waals surface area contributed by atoms with Crippen molar-refractivity contribution in [2.75, 3.05) is 6.54 Å². The highest BCUT2D eigenvalue weighted by atomic mass is 19.1. The highest BCUT2D eigenvalue weighted by molar-refractivity contribution is 5.91. The van der Waals surface area contributed by atoms with Crippen molar-refractivity contribution in [3.05, 3.63) is 66.0 Å². The molecule has 0 fully saturated rings. The highest BCUT2D eigenvalue weighted by Crippen LogP contribution is 2.18. The van der Waals surface area contributed by atoms with E-state index in [0.29, 0.717) is 18.2 Å². The standard InChI is InChI=1S/C19H18FN3O3/c1-2-11-23(18(24)10-7-14-5-8-15(20)9-6-14)13-17-21-22-19(26-17)16-4-3-12-25-16/h3-10,12H,2,11,13H2,1H3/b10-7+. The van der Waals surface area contributed by atoms with Crippen LogP contribution in [-0.4, -0.2) is 27.5 Å². The van der Waals surface area contributed by atoms with Gasteiger partial charge in [0.15, 0.2) is 5.76 Å². The van der Waals surface area contributed by atoms with Gasteiger partial charge < -0.3 is 13.7 Å². The average Bonchev–Trinajstić information content (AvgIpc) is 3.32. The molecule has 0 aliphatic carbocycles. The van der Waals surface area contributed by atoms with E-state index in [1.165, 1.54) is 24.5 Å². The van der Waals surface area contributed by atoms with Gasteiger partial charge >= 0.3 is 0 Å². The number of hydrogen-bond donors (Lipinski definition) is 0. The first kappa shape index (κ1) is 17.6. The normalized spacial score (nSPS) is 11.2. The zero-order chi connectivity index (χ0) is 18.4. The summed E-state index contributed by atoms with van der Waals surface area (Å²) < 4.78 is 23.7. The van der Waals surface area contributed by atoms with Crippen molar-refractivity contribution in [2.24, 2.45) is 0 Å². The van der Waals surface area contributed by atoms with Crippen molar-refractivity contribution < 1.29 is 18.0 Å². The van der Waals surface area contributed by atoms with Crippen LogP contribution in [0.2, 0.25) is 0 Å². The Bertz CT molecular complexity index is 870. The maximum atomic E-state index is 12.9. The van der Waals surface area contributed by atoms with Crippen LogP contribution in [0.15, 0.2) is 57.6 Å². The zero-order valence-corrected chi connectivity index (χ0v) is 14.3. The maximum Gasteiger partial charge on any atom is 0.283 e. The average molecular weight is 355 g/mol. The molecule has 26 heavy (non-hydrogen) atoms. The van der Waals surface area contributed by atoms with Gasteiger partial charge in [0.1, 0.15) is 5.82 Å². The second-order valence-corrected chi connectivity index (χ2v) is 5.62. The number of furan rings is 1. The smallest absolute Gasteiger partial charge is 0.283 e. The van der Waals surface area contributed by atoms with Crippen molar-refractivity contribution in [3.8, 4) is 11.7 Å². The molecule has 0 spiro atoms. The Kier molecular flexibility index (Phi) is 5.58. The van der Waals surface area contributed by atoms with Crippen molar-refractivity contribution in [2.45, 2.75) is 19.9 Å². The molecule has 1 amide bonds. The summed E-state index contributed by atoms with van der Waals surface area (Å²) in [5.74, 6) is 0.580. The molecule has 0 aliphatic heterocycles. The van der Waals surface area contributed by atoms with Gasteiger partial charge in [0, 0.05) is 12.6 Å². The third-order valence-electron chi connectivity index (χ3n) is 3.62. The topological polar surface area (TPSA) is 72.4 Å². The van der Waals surface area contributed by atoms with Gasteiger partial charge in [-0.1, -0.05) is 19.1 Å². The Hall–Kier alpha value is -3.22. The third kappa shape index (κ3) is 4.44. The van der Waals surface area contributed by atoms with Gasteiger partial charge in [-0.3, -0.25) is 4.79 Å². The van der Waals surface area contributed by atoms with Crippen LogP contribution in [0.4, 0.5) is 4.39 Å². The van der Waals surface area contributed by atoms with Crippen molar-refractivity contribution in [1.82, 2.24) is 15.1 Å². The Balaban J connectivity index is 1.68. The first-order valence-electron chi connectivity index (χ1n) is 8.24. The van der Waals surface area contributed by atoms with Crippen LogP contribution in [0.3, 0.4) is 0 Å². The van der Waals surface area contributed by atoms with E-state index in [9.17, 15) is 9.18 Å². The highest BCUT2D eigenvalue weighted by Gasteiger charge is 2.16. The fourth-order valence-corrected chi connectivity index (χ4v) is 2.36. The summed E-state index contributed by atoms with van der Waals surface area (Å²) in [5.41, 5.74) is 0.745. The molecule has 0 N–H and O–H groups in total. The molecule has 1 aromatic carbocycles. The SMILES string of the molecule is CCCN(Cc1nnc(-c2ccco2)o1)C(=O)/C=C/c1ccc(F)cc1. The lowest BCUT2D eigenvalue weighted by molar-refractivity contribution is -0.126. The van der Waals surface area contributed by atoms with Crippen molar-refractivity contribution in [3.63, 3.8) is 0 Å². The summed E-state index contributed by atoms with van der Waals surface area (Å²) in [6.07, 6.45) is 5.40. The number of nitrogens with zero attached hydrogens (tertiary/aromatic N) is 3. The summed E-state index contributed by atoms with van der Waals surface area (Å²) in [7, 11) is 0. The second-order valence-electron chi connectivity index (χ2n) is 5.62. The van der Waals surface area contributed by atoms with Crippen molar-refractivity contribution >= 4 is 12.0 Å². The molecule has 0 bridgehead atoms. The molecule has 6 nitrogen and oxygen atoms in total. The van der Waals surface area contributed by atoms with E-state index in [-0.39, 0.29) is 24.2 Å². The van der Waals surface area contributed by atoms with Crippen LogP contribution in [0, 0.1) is 5.82 Å². The van der Waals surface area contributed by atoms with Crippen molar-refractivity contribution in [1.29, 1.82) is 0 Å². The van der Waals surface area contributed by atoms with Gasteiger partial charge in [-0.25, -0.2) is 4.39 Å². The molecule has 3 rings (SSSR count). The molecular formula is C19H18FN3O3. The van der Waals surface area contributed by atoms with Gasteiger partial charge in [-0.2, -0.15) is 0 Å². The lowest BCUT2D eigenvalue weighted by atomic mass is 10.2. The van der Waals surface area contributed by atoms with E-state index in [2.05, 4.69) is 10.2 Å². The molecule has 0 atom stereocenters. The third-order valence-corrected chi connectivity index (χ3v) is 3.62. The first-order valence-corrected chi connectivity index (χ1v) is 8.24. The number of amides is 1. The number of benzene rings is 1. The quantitative estimate of drug-likeness (QED) is 0.601. The number of rotatable bonds is 7. The maximum absolute atomic E-state index is 12.9. The van der Waals surface area contributed by atoms with E-state index >= 15 is 0 Å². The molecule has 0 saturated heterocycles. The fourth-order valence-electron chi connectivity index (χ4n) is 2.36. The summed E-state index contributed by atoms with van der Waals surface area (Å²) in [4.78, 5) is 14.1. The Morgan fingerprint density at radius 1 is 1.23 bits per heavy atom. The molecule has 2 heterocycles. The molecule has 0 saturated carbocycles. The summed E-state index contributed by atoms with van der Waals surface area (Å²) in [5, 5.41) is 7.90. The second kappa shape index (κ2) is 8.24. The minimum atomic E-state index is -0.315. The molecular weight excluding hydrogens is 337 g/mol.